The lowest BCUT2D eigenvalue weighted by Gasteiger charge is -2.07. The predicted octanol–water partition coefficient (Wildman–Crippen LogP) is 3.78. The first-order valence-corrected chi connectivity index (χ1v) is 8.67. The molecular formula is C21H22N2O3. The van der Waals surface area contributed by atoms with Gasteiger partial charge in [-0.1, -0.05) is 48.0 Å². The molecule has 26 heavy (non-hydrogen) atoms. The Balaban J connectivity index is 1.38. The smallest absolute Gasteiger partial charge is 0.220 e. The van der Waals surface area contributed by atoms with Gasteiger partial charge in [0.1, 0.15) is 12.4 Å². The van der Waals surface area contributed by atoms with Gasteiger partial charge in [-0.25, -0.2) is 4.98 Å². The molecule has 3 aromatic rings. The molecule has 1 N–H and O–H groups in total. The maximum Gasteiger partial charge on any atom is 0.220 e. The molecule has 1 heterocycles. The van der Waals surface area contributed by atoms with Gasteiger partial charge < -0.3 is 14.5 Å². The SMILES string of the molecule is Cc1ccc(-c2cnc(CCC(=O)NCCOc3ccccc3)o2)cc1. The number of rotatable bonds is 8. The third kappa shape index (κ3) is 5.21. The number of benzene rings is 2. The van der Waals surface area contributed by atoms with Crippen molar-refractivity contribution in [2.24, 2.45) is 0 Å². The highest BCUT2D eigenvalue weighted by Gasteiger charge is 2.09. The van der Waals surface area contributed by atoms with E-state index in [1.807, 2.05) is 61.5 Å². The molecule has 5 nitrogen and oxygen atoms in total. The summed E-state index contributed by atoms with van der Waals surface area (Å²) in [4.78, 5) is 16.2. The van der Waals surface area contributed by atoms with Crippen LogP contribution >= 0.6 is 0 Å². The Kier molecular flexibility index (Phi) is 6.04. The second-order valence-corrected chi connectivity index (χ2v) is 6.00. The molecule has 0 saturated heterocycles. The maximum atomic E-state index is 11.9. The van der Waals surface area contributed by atoms with Crippen molar-refractivity contribution in [3.63, 3.8) is 0 Å². The van der Waals surface area contributed by atoms with Gasteiger partial charge in [0.2, 0.25) is 5.91 Å². The van der Waals surface area contributed by atoms with E-state index in [4.69, 9.17) is 9.15 Å². The zero-order chi connectivity index (χ0) is 18.2. The van der Waals surface area contributed by atoms with Crippen molar-refractivity contribution in [1.82, 2.24) is 10.3 Å². The minimum Gasteiger partial charge on any atom is -0.492 e. The van der Waals surface area contributed by atoms with Crippen molar-refractivity contribution >= 4 is 5.91 Å². The van der Waals surface area contributed by atoms with Gasteiger partial charge in [0, 0.05) is 18.4 Å². The molecule has 0 aliphatic carbocycles. The lowest BCUT2D eigenvalue weighted by molar-refractivity contribution is -0.121. The molecule has 2 aromatic carbocycles. The van der Waals surface area contributed by atoms with Crippen LogP contribution in [0.1, 0.15) is 17.9 Å². The van der Waals surface area contributed by atoms with E-state index in [1.165, 1.54) is 5.56 Å². The van der Waals surface area contributed by atoms with Gasteiger partial charge in [0.15, 0.2) is 11.7 Å². The van der Waals surface area contributed by atoms with E-state index in [0.717, 1.165) is 17.1 Å². The molecule has 0 fully saturated rings. The molecule has 0 saturated carbocycles. The number of ether oxygens (including phenoxy) is 1. The molecule has 0 spiro atoms. The lowest BCUT2D eigenvalue weighted by Crippen LogP contribution is -2.28. The van der Waals surface area contributed by atoms with Crippen LogP contribution in [0.5, 0.6) is 5.75 Å². The van der Waals surface area contributed by atoms with E-state index in [1.54, 1.807) is 6.20 Å². The van der Waals surface area contributed by atoms with E-state index in [-0.39, 0.29) is 5.91 Å². The Morgan fingerprint density at radius 3 is 2.65 bits per heavy atom. The molecule has 0 radical (unpaired) electrons. The number of para-hydroxylation sites is 1. The fraction of sp³-hybridized carbons (Fsp3) is 0.238. The number of amides is 1. The summed E-state index contributed by atoms with van der Waals surface area (Å²) >= 11 is 0. The highest BCUT2D eigenvalue weighted by molar-refractivity contribution is 5.76. The number of carbonyl (C=O) groups excluding carboxylic acids is 1. The summed E-state index contributed by atoms with van der Waals surface area (Å²) in [7, 11) is 0. The summed E-state index contributed by atoms with van der Waals surface area (Å²) < 4.78 is 11.3. The van der Waals surface area contributed by atoms with Gasteiger partial charge in [0.05, 0.1) is 12.7 Å². The minimum absolute atomic E-state index is 0.0447. The number of nitrogens with one attached hydrogen (secondary N) is 1. The number of aryl methyl sites for hydroxylation is 2. The van der Waals surface area contributed by atoms with Crippen LogP contribution in [0.4, 0.5) is 0 Å². The van der Waals surface area contributed by atoms with Crippen LogP contribution in [0, 0.1) is 6.92 Å². The van der Waals surface area contributed by atoms with Crippen molar-refractivity contribution in [3.05, 3.63) is 72.2 Å². The summed E-state index contributed by atoms with van der Waals surface area (Å²) in [5.74, 6) is 2.04. The van der Waals surface area contributed by atoms with Crippen molar-refractivity contribution in [1.29, 1.82) is 0 Å². The summed E-state index contributed by atoms with van der Waals surface area (Å²) in [6.45, 7) is 2.94. The van der Waals surface area contributed by atoms with Gasteiger partial charge in [-0.15, -0.1) is 0 Å². The second kappa shape index (κ2) is 8.85. The number of hydrogen-bond acceptors (Lipinski definition) is 4. The van der Waals surface area contributed by atoms with Gasteiger partial charge in [-0.3, -0.25) is 4.79 Å². The van der Waals surface area contributed by atoms with E-state index < -0.39 is 0 Å². The molecule has 3 rings (SSSR count). The Bertz CT molecular complexity index is 826. The highest BCUT2D eigenvalue weighted by atomic mass is 16.5. The molecule has 0 atom stereocenters. The molecule has 0 aliphatic rings. The van der Waals surface area contributed by atoms with Crippen LogP contribution in [0.3, 0.4) is 0 Å². The van der Waals surface area contributed by atoms with Crippen molar-refractivity contribution in [2.45, 2.75) is 19.8 Å². The first-order chi connectivity index (χ1) is 12.7. The second-order valence-electron chi connectivity index (χ2n) is 6.00. The molecule has 0 bridgehead atoms. The summed E-state index contributed by atoms with van der Waals surface area (Å²) in [5, 5.41) is 2.83. The normalized spacial score (nSPS) is 10.5. The lowest BCUT2D eigenvalue weighted by atomic mass is 10.1. The summed E-state index contributed by atoms with van der Waals surface area (Å²) in [6, 6.07) is 17.6. The number of oxazole rings is 1. The van der Waals surface area contributed by atoms with Crippen LogP contribution in [-0.2, 0) is 11.2 Å². The first-order valence-electron chi connectivity index (χ1n) is 8.67. The van der Waals surface area contributed by atoms with E-state index in [9.17, 15) is 4.79 Å². The highest BCUT2D eigenvalue weighted by Crippen LogP contribution is 2.21. The van der Waals surface area contributed by atoms with Crippen LogP contribution in [-0.4, -0.2) is 24.0 Å². The standard InChI is InChI=1S/C21H22N2O3/c1-16-7-9-17(10-8-16)19-15-23-21(26-19)12-11-20(24)22-13-14-25-18-5-3-2-4-6-18/h2-10,15H,11-14H2,1H3,(H,22,24). The van der Waals surface area contributed by atoms with E-state index in [0.29, 0.717) is 31.9 Å². The number of aromatic nitrogens is 1. The zero-order valence-electron chi connectivity index (χ0n) is 14.8. The maximum absolute atomic E-state index is 11.9. The molecule has 1 aromatic heterocycles. The van der Waals surface area contributed by atoms with Crippen LogP contribution in [0.2, 0.25) is 0 Å². The number of nitrogens with zero attached hydrogens (tertiary/aromatic N) is 1. The van der Waals surface area contributed by atoms with Crippen molar-refractivity contribution < 1.29 is 13.9 Å². The van der Waals surface area contributed by atoms with Gasteiger partial charge in [0.25, 0.3) is 0 Å². The molecule has 0 unspecified atom stereocenters. The fourth-order valence-electron chi connectivity index (χ4n) is 2.46. The zero-order valence-corrected chi connectivity index (χ0v) is 14.8. The topological polar surface area (TPSA) is 64.4 Å². The monoisotopic (exact) mass is 350 g/mol. The molecule has 0 aliphatic heterocycles. The van der Waals surface area contributed by atoms with E-state index in [2.05, 4.69) is 10.3 Å². The average molecular weight is 350 g/mol. The quantitative estimate of drug-likeness (QED) is 0.628. The van der Waals surface area contributed by atoms with Gasteiger partial charge >= 0.3 is 0 Å². The third-order valence-electron chi connectivity index (χ3n) is 3.89. The summed E-state index contributed by atoms with van der Waals surface area (Å²) in [5.41, 5.74) is 2.18. The summed E-state index contributed by atoms with van der Waals surface area (Å²) in [6.07, 6.45) is 2.50. The molecule has 134 valence electrons. The molecule has 1 amide bonds. The number of hydrogen-bond donors (Lipinski definition) is 1. The largest absolute Gasteiger partial charge is 0.492 e. The Morgan fingerprint density at radius 2 is 1.88 bits per heavy atom. The fourth-order valence-corrected chi connectivity index (χ4v) is 2.46. The third-order valence-corrected chi connectivity index (χ3v) is 3.89. The minimum atomic E-state index is -0.0447. The van der Waals surface area contributed by atoms with Gasteiger partial charge in [-0.2, -0.15) is 0 Å². The number of carbonyl (C=O) groups is 1. The Morgan fingerprint density at radius 1 is 1.12 bits per heavy atom. The van der Waals surface area contributed by atoms with Crippen LogP contribution in [0.25, 0.3) is 11.3 Å². The van der Waals surface area contributed by atoms with Crippen molar-refractivity contribution in [3.8, 4) is 17.1 Å². The first kappa shape index (κ1) is 17.7. The molecular weight excluding hydrogens is 328 g/mol. The van der Waals surface area contributed by atoms with Crippen LogP contribution in [0.15, 0.2) is 65.2 Å². The Hall–Kier alpha value is -3.08. The van der Waals surface area contributed by atoms with Crippen LogP contribution < -0.4 is 10.1 Å². The Labute approximate surface area is 153 Å². The average Bonchev–Trinajstić information content (AvgIpc) is 3.14. The predicted molar refractivity (Wildman–Crippen MR) is 99.9 cm³/mol. The van der Waals surface area contributed by atoms with Gasteiger partial charge in [-0.05, 0) is 19.1 Å². The molecule has 5 heteroatoms. The van der Waals surface area contributed by atoms with Crippen molar-refractivity contribution in [2.75, 3.05) is 13.2 Å². The van der Waals surface area contributed by atoms with E-state index >= 15 is 0 Å².